The van der Waals surface area contributed by atoms with Crippen LogP contribution < -0.4 is 14.2 Å². The van der Waals surface area contributed by atoms with E-state index in [0.717, 1.165) is 18.7 Å². The van der Waals surface area contributed by atoms with Gasteiger partial charge in [-0.15, -0.1) is 0 Å². The van der Waals surface area contributed by atoms with E-state index in [1.165, 1.54) is 4.90 Å². The van der Waals surface area contributed by atoms with Gasteiger partial charge in [-0.25, -0.2) is 0 Å². The topological polar surface area (TPSA) is 97.8 Å². The summed E-state index contributed by atoms with van der Waals surface area (Å²) in [6.07, 6.45) is 0. The molecule has 0 aliphatic carbocycles. The minimum atomic E-state index is -0.801. The molecule has 2 aliphatic rings. The van der Waals surface area contributed by atoms with Crippen molar-refractivity contribution in [1.82, 2.24) is 9.80 Å². The fourth-order valence-electron chi connectivity index (χ4n) is 5.27. The smallest absolute Gasteiger partial charge is 0.295 e. The highest BCUT2D eigenvalue weighted by molar-refractivity contribution is 6.46. The van der Waals surface area contributed by atoms with Crippen LogP contribution in [0.3, 0.4) is 0 Å². The quantitative estimate of drug-likeness (QED) is 0.205. The Balaban J connectivity index is 1.47. The van der Waals surface area contributed by atoms with Crippen molar-refractivity contribution < 1.29 is 33.6 Å². The van der Waals surface area contributed by atoms with Crippen LogP contribution >= 0.6 is 0 Å². The molecule has 1 atom stereocenters. The van der Waals surface area contributed by atoms with Crippen molar-refractivity contribution in [3.8, 4) is 17.2 Å². The van der Waals surface area contributed by atoms with Gasteiger partial charge in [0.1, 0.15) is 18.1 Å². The number of hydrogen-bond acceptors (Lipinski definition) is 8. The van der Waals surface area contributed by atoms with Gasteiger partial charge in [-0.3, -0.25) is 14.5 Å². The van der Waals surface area contributed by atoms with Crippen LogP contribution in [0.4, 0.5) is 0 Å². The maximum Gasteiger partial charge on any atom is 0.295 e. The van der Waals surface area contributed by atoms with Gasteiger partial charge in [-0.1, -0.05) is 36.4 Å². The zero-order valence-electron chi connectivity index (χ0n) is 24.0. The molecule has 0 bridgehead atoms. The van der Waals surface area contributed by atoms with Crippen LogP contribution in [0.5, 0.6) is 17.2 Å². The summed E-state index contributed by atoms with van der Waals surface area (Å²) < 4.78 is 22.6. The highest BCUT2D eigenvalue weighted by Gasteiger charge is 2.46. The van der Waals surface area contributed by atoms with Crippen molar-refractivity contribution in [2.75, 3.05) is 53.1 Å². The molecular formula is C33H36N2O7. The number of Topliss-reactive ketones (excluding diaryl/α,β-unsaturated/α-hetero) is 1. The number of hydrogen-bond donors (Lipinski definition) is 1. The Hall–Kier alpha value is -4.34. The van der Waals surface area contributed by atoms with Gasteiger partial charge < -0.3 is 29.0 Å². The van der Waals surface area contributed by atoms with Crippen LogP contribution in [0.1, 0.15) is 29.7 Å². The first kappa shape index (κ1) is 29.2. The second-order valence-corrected chi connectivity index (χ2v) is 10.1. The van der Waals surface area contributed by atoms with Crippen molar-refractivity contribution >= 4 is 17.4 Å². The van der Waals surface area contributed by atoms with Gasteiger partial charge in [-0.05, 0) is 54.4 Å². The lowest BCUT2D eigenvalue weighted by molar-refractivity contribution is -0.140. The Morgan fingerprint density at radius 1 is 0.929 bits per heavy atom. The van der Waals surface area contributed by atoms with Gasteiger partial charge in [0.2, 0.25) is 0 Å². The fourth-order valence-corrected chi connectivity index (χ4v) is 5.27. The molecule has 9 heteroatoms. The molecule has 0 aromatic heterocycles. The summed E-state index contributed by atoms with van der Waals surface area (Å²) in [7, 11) is 1.54. The molecule has 0 spiro atoms. The van der Waals surface area contributed by atoms with Crippen LogP contribution in [-0.2, 0) is 20.9 Å². The number of likely N-dealkylation sites (tertiary alicyclic amines) is 1. The number of rotatable bonds is 11. The first-order chi connectivity index (χ1) is 20.5. The summed E-state index contributed by atoms with van der Waals surface area (Å²) in [4.78, 5) is 30.6. The summed E-state index contributed by atoms with van der Waals surface area (Å²) in [6.45, 7) is 6.40. The van der Waals surface area contributed by atoms with E-state index in [4.69, 9.17) is 18.9 Å². The van der Waals surface area contributed by atoms with Gasteiger partial charge in [0.25, 0.3) is 11.7 Å². The zero-order chi connectivity index (χ0) is 29.5. The van der Waals surface area contributed by atoms with Crippen LogP contribution in [-0.4, -0.2) is 79.7 Å². The standard InChI is InChI=1S/C33H36N2O7/c1-3-41-27-14-11-25(21-28(27)39-2)30-29(32(37)33(38)35(30)16-15-34-17-19-40-20-18-34)31(36)24-9-12-26(13-10-24)42-22-23-7-5-4-6-8-23/h4-14,21,30,36H,3,15-20,22H2,1-2H3/b31-29+. The lowest BCUT2D eigenvalue weighted by atomic mass is 9.95. The third kappa shape index (κ3) is 6.42. The number of amides is 1. The Labute approximate surface area is 245 Å². The second kappa shape index (κ2) is 13.5. The van der Waals surface area contributed by atoms with Crippen LogP contribution in [0.2, 0.25) is 0 Å². The minimum Gasteiger partial charge on any atom is -0.507 e. The highest BCUT2D eigenvalue weighted by Crippen LogP contribution is 2.42. The second-order valence-electron chi connectivity index (χ2n) is 10.1. The average Bonchev–Trinajstić information content (AvgIpc) is 3.29. The third-order valence-electron chi connectivity index (χ3n) is 7.48. The molecule has 1 amide bonds. The number of aliphatic hydroxyl groups is 1. The lowest BCUT2D eigenvalue weighted by Gasteiger charge is -2.31. The fraction of sp³-hybridized carbons (Fsp3) is 0.333. The Morgan fingerprint density at radius 3 is 2.36 bits per heavy atom. The molecule has 5 rings (SSSR count). The van der Waals surface area contributed by atoms with Gasteiger partial charge in [-0.2, -0.15) is 0 Å². The van der Waals surface area contributed by atoms with Crippen molar-refractivity contribution in [3.05, 3.63) is 95.1 Å². The number of ether oxygens (including phenoxy) is 4. The maximum atomic E-state index is 13.5. The van der Waals surface area contributed by atoms with E-state index in [-0.39, 0.29) is 11.3 Å². The summed E-state index contributed by atoms with van der Waals surface area (Å²) in [5, 5.41) is 11.5. The molecule has 220 valence electrons. The molecule has 0 radical (unpaired) electrons. The number of carbonyl (C=O) groups is 2. The minimum absolute atomic E-state index is 0.0335. The molecule has 2 saturated heterocycles. The number of benzene rings is 3. The number of morpholine rings is 1. The summed E-state index contributed by atoms with van der Waals surface area (Å²) >= 11 is 0. The Morgan fingerprint density at radius 2 is 1.67 bits per heavy atom. The molecule has 1 N–H and O–H groups in total. The highest BCUT2D eigenvalue weighted by atomic mass is 16.5. The average molecular weight is 573 g/mol. The van der Waals surface area contributed by atoms with E-state index in [1.807, 2.05) is 37.3 Å². The van der Waals surface area contributed by atoms with E-state index in [2.05, 4.69) is 4.90 Å². The predicted octanol–water partition coefficient (Wildman–Crippen LogP) is 4.43. The number of nitrogens with zero attached hydrogens (tertiary/aromatic N) is 2. The van der Waals surface area contributed by atoms with E-state index in [0.29, 0.717) is 67.9 Å². The van der Waals surface area contributed by atoms with Crippen LogP contribution in [0.25, 0.3) is 5.76 Å². The summed E-state index contributed by atoms with van der Waals surface area (Å²) in [5.74, 6) is 0.0409. The Bertz CT molecular complexity index is 1420. The molecule has 3 aromatic rings. The van der Waals surface area contributed by atoms with Crippen molar-refractivity contribution in [2.24, 2.45) is 0 Å². The molecule has 0 saturated carbocycles. The van der Waals surface area contributed by atoms with E-state index in [1.54, 1.807) is 49.6 Å². The molecular weight excluding hydrogens is 536 g/mol. The molecule has 1 unspecified atom stereocenters. The molecule has 42 heavy (non-hydrogen) atoms. The van der Waals surface area contributed by atoms with Gasteiger partial charge in [0.05, 0.1) is 38.5 Å². The lowest BCUT2D eigenvalue weighted by Crippen LogP contribution is -2.42. The van der Waals surface area contributed by atoms with Crippen molar-refractivity contribution in [3.63, 3.8) is 0 Å². The third-order valence-corrected chi connectivity index (χ3v) is 7.48. The van der Waals surface area contributed by atoms with E-state index < -0.39 is 17.7 Å². The SMILES string of the molecule is CCOc1ccc(C2/C(=C(\O)c3ccc(OCc4ccccc4)cc3)C(=O)C(=O)N2CCN2CCOCC2)cc1OC. The van der Waals surface area contributed by atoms with Crippen LogP contribution in [0.15, 0.2) is 78.4 Å². The van der Waals surface area contributed by atoms with Gasteiger partial charge in [0, 0.05) is 31.7 Å². The Kier molecular flexibility index (Phi) is 9.41. The first-order valence-corrected chi connectivity index (χ1v) is 14.2. The summed E-state index contributed by atoms with van der Waals surface area (Å²) in [5.41, 5.74) is 2.12. The number of ketones is 1. The normalized spacial score (nSPS) is 18.7. The van der Waals surface area contributed by atoms with Gasteiger partial charge in [0.15, 0.2) is 11.5 Å². The number of carbonyl (C=O) groups excluding carboxylic acids is 2. The summed E-state index contributed by atoms with van der Waals surface area (Å²) in [6, 6.07) is 21.2. The van der Waals surface area contributed by atoms with Crippen molar-refractivity contribution in [2.45, 2.75) is 19.6 Å². The molecule has 2 heterocycles. The predicted molar refractivity (Wildman–Crippen MR) is 158 cm³/mol. The maximum absolute atomic E-state index is 13.5. The largest absolute Gasteiger partial charge is 0.507 e. The van der Waals surface area contributed by atoms with Crippen molar-refractivity contribution in [1.29, 1.82) is 0 Å². The van der Waals surface area contributed by atoms with E-state index in [9.17, 15) is 14.7 Å². The molecule has 3 aromatic carbocycles. The number of aliphatic hydroxyl groups excluding tert-OH is 1. The zero-order valence-corrected chi connectivity index (χ0v) is 24.0. The monoisotopic (exact) mass is 572 g/mol. The first-order valence-electron chi connectivity index (χ1n) is 14.2. The number of methoxy groups -OCH3 is 1. The van der Waals surface area contributed by atoms with Gasteiger partial charge >= 0.3 is 0 Å². The van der Waals surface area contributed by atoms with E-state index >= 15 is 0 Å². The molecule has 9 nitrogen and oxygen atoms in total. The van der Waals surface area contributed by atoms with Crippen LogP contribution in [0, 0.1) is 0 Å². The molecule has 2 fully saturated rings. The molecule has 2 aliphatic heterocycles.